The Morgan fingerprint density at radius 3 is 2.27 bits per heavy atom. The fourth-order valence-corrected chi connectivity index (χ4v) is 2.42. The van der Waals surface area contributed by atoms with Gasteiger partial charge in [0.05, 0.1) is 11.1 Å². The van der Waals surface area contributed by atoms with E-state index in [1.807, 2.05) is 0 Å². The van der Waals surface area contributed by atoms with Crippen LogP contribution in [0.1, 0.15) is 33.6 Å². The van der Waals surface area contributed by atoms with Crippen molar-refractivity contribution in [1.82, 2.24) is 25.3 Å². The molecule has 1 aromatic heterocycles. The highest BCUT2D eigenvalue weighted by atomic mass is 16.7. The summed E-state index contributed by atoms with van der Waals surface area (Å²) in [5.74, 6) is -2.03. The van der Waals surface area contributed by atoms with Gasteiger partial charge in [-0.05, 0) is 35.4 Å². The summed E-state index contributed by atoms with van der Waals surface area (Å²) in [7, 11) is 0. The number of benzene rings is 1. The third kappa shape index (κ3) is 1.59. The molecule has 22 heavy (non-hydrogen) atoms. The van der Waals surface area contributed by atoms with Gasteiger partial charge in [0.25, 0.3) is 11.8 Å². The summed E-state index contributed by atoms with van der Waals surface area (Å²) in [6.07, 6.45) is 2.27. The normalized spacial score (nSPS) is 18.3. The molecule has 2 amide bonds. The van der Waals surface area contributed by atoms with Crippen LogP contribution < -0.4 is 0 Å². The molecule has 4 rings (SSSR count). The SMILES string of the molecule is O=C1c2ccccc2C(=O)N1OC(=O)C1(n2cnnn2)CC1. The van der Waals surface area contributed by atoms with Crippen LogP contribution in [0.15, 0.2) is 30.6 Å². The van der Waals surface area contributed by atoms with E-state index in [0.717, 1.165) is 0 Å². The van der Waals surface area contributed by atoms with Crippen molar-refractivity contribution < 1.29 is 19.2 Å². The lowest BCUT2D eigenvalue weighted by atomic mass is 10.1. The lowest BCUT2D eigenvalue weighted by Gasteiger charge is -2.17. The van der Waals surface area contributed by atoms with Crippen LogP contribution >= 0.6 is 0 Å². The van der Waals surface area contributed by atoms with E-state index in [1.54, 1.807) is 12.1 Å². The third-order valence-corrected chi connectivity index (χ3v) is 3.82. The number of hydrogen-bond acceptors (Lipinski definition) is 7. The number of rotatable bonds is 3. The van der Waals surface area contributed by atoms with Crippen molar-refractivity contribution in [3.8, 4) is 0 Å². The predicted molar refractivity (Wildman–Crippen MR) is 68.1 cm³/mol. The molecule has 0 bridgehead atoms. The fourth-order valence-electron chi connectivity index (χ4n) is 2.42. The molecule has 0 N–H and O–H groups in total. The lowest BCUT2D eigenvalue weighted by Crippen LogP contribution is -2.39. The molecule has 2 aromatic rings. The molecule has 1 saturated carbocycles. The van der Waals surface area contributed by atoms with Gasteiger partial charge in [-0.2, -0.15) is 0 Å². The molecule has 110 valence electrons. The van der Waals surface area contributed by atoms with Gasteiger partial charge in [-0.1, -0.05) is 17.2 Å². The maximum absolute atomic E-state index is 12.3. The largest absolute Gasteiger partial charge is 0.360 e. The van der Waals surface area contributed by atoms with E-state index in [1.165, 1.54) is 23.1 Å². The minimum absolute atomic E-state index is 0.215. The molecular formula is C13H9N5O4. The molecule has 0 radical (unpaired) electrons. The van der Waals surface area contributed by atoms with Crippen LogP contribution in [-0.2, 0) is 15.2 Å². The van der Waals surface area contributed by atoms with Gasteiger partial charge in [0.2, 0.25) is 0 Å². The number of fused-ring (bicyclic) bond motifs is 1. The van der Waals surface area contributed by atoms with E-state index in [9.17, 15) is 14.4 Å². The van der Waals surface area contributed by atoms with Gasteiger partial charge in [-0.3, -0.25) is 9.59 Å². The second kappa shape index (κ2) is 4.20. The minimum Gasteiger partial charge on any atom is -0.327 e. The molecule has 1 aliphatic heterocycles. The van der Waals surface area contributed by atoms with Crippen molar-refractivity contribution in [1.29, 1.82) is 0 Å². The summed E-state index contributed by atoms with van der Waals surface area (Å²) in [5, 5.41) is 11.2. The summed E-state index contributed by atoms with van der Waals surface area (Å²) in [6, 6.07) is 6.30. The highest BCUT2D eigenvalue weighted by Gasteiger charge is 2.57. The molecule has 9 heteroatoms. The highest BCUT2D eigenvalue weighted by molar-refractivity contribution is 6.21. The number of hydroxylamine groups is 2. The van der Waals surface area contributed by atoms with Crippen molar-refractivity contribution in [2.75, 3.05) is 0 Å². The Kier molecular flexibility index (Phi) is 2.41. The number of hydrogen-bond donors (Lipinski definition) is 0. The summed E-state index contributed by atoms with van der Waals surface area (Å²) < 4.78 is 1.29. The van der Waals surface area contributed by atoms with E-state index >= 15 is 0 Å². The molecule has 0 saturated heterocycles. The molecule has 2 aliphatic rings. The molecule has 1 aliphatic carbocycles. The minimum atomic E-state index is -1.03. The Morgan fingerprint density at radius 2 is 1.77 bits per heavy atom. The molecule has 0 spiro atoms. The summed E-state index contributed by atoms with van der Waals surface area (Å²) in [5.41, 5.74) is -0.598. The predicted octanol–water partition coefficient (Wildman–Crippen LogP) is -0.0834. The molecular weight excluding hydrogens is 290 g/mol. The third-order valence-electron chi connectivity index (χ3n) is 3.82. The van der Waals surface area contributed by atoms with Crippen molar-refractivity contribution >= 4 is 17.8 Å². The van der Waals surface area contributed by atoms with Gasteiger partial charge in [0, 0.05) is 0 Å². The van der Waals surface area contributed by atoms with Crippen molar-refractivity contribution in [3.63, 3.8) is 0 Å². The fraction of sp³-hybridized carbons (Fsp3) is 0.231. The van der Waals surface area contributed by atoms with Crippen LogP contribution in [0.25, 0.3) is 0 Å². The summed E-state index contributed by atoms with van der Waals surface area (Å²) in [6.45, 7) is 0. The van der Waals surface area contributed by atoms with Gasteiger partial charge in [-0.25, -0.2) is 9.48 Å². The Bertz CT molecular complexity index is 762. The van der Waals surface area contributed by atoms with E-state index < -0.39 is 23.3 Å². The molecule has 0 atom stereocenters. The first kappa shape index (κ1) is 12.6. The first-order valence-corrected chi connectivity index (χ1v) is 6.57. The Balaban J connectivity index is 1.60. The van der Waals surface area contributed by atoms with Crippen molar-refractivity contribution in [2.24, 2.45) is 0 Å². The van der Waals surface area contributed by atoms with Crippen LogP contribution in [0.3, 0.4) is 0 Å². The van der Waals surface area contributed by atoms with Crippen LogP contribution in [0.4, 0.5) is 0 Å². The standard InChI is InChI=1S/C13H9N5O4/c19-10-8-3-1-2-4-9(8)11(20)18(10)22-12(21)13(5-6-13)17-7-14-15-16-17/h1-4,7H,5-6H2. The topological polar surface area (TPSA) is 107 Å². The van der Waals surface area contributed by atoms with Crippen molar-refractivity contribution in [2.45, 2.75) is 18.4 Å². The molecule has 0 unspecified atom stereocenters. The van der Waals surface area contributed by atoms with E-state index in [0.29, 0.717) is 17.9 Å². The number of carbonyl (C=O) groups is 3. The summed E-state index contributed by atoms with van der Waals surface area (Å²) >= 11 is 0. The quantitative estimate of drug-likeness (QED) is 0.729. The number of tetrazole rings is 1. The zero-order valence-electron chi connectivity index (χ0n) is 11.2. The number of aromatic nitrogens is 4. The van der Waals surface area contributed by atoms with Crippen molar-refractivity contribution in [3.05, 3.63) is 41.7 Å². The van der Waals surface area contributed by atoms with Gasteiger partial charge < -0.3 is 4.84 Å². The zero-order chi connectivity index (χ0) is 15.3. The second-order valence-corrected chi connectivity index (χ2v) is 5.11. The lowest BCUT2D eigenvalue weighted by molar-refractivity contribution is -0.175. The molecule has 9 nitrogen and oxygen atoms in total. The van der Waals surface area contributed by atoms with E-state index in [-0.39, 0.29) is 11.1 Å². The molecule has 1 aromatic carbocycles. The first-order valence-electron chi connectivity index (χ1n) is 6.57. The first-order chi connectivity index (χ1) is 10.6. The van der Waals surface area contributed by atoms with Crippen LogP contribution in [0.2, 0.25) is 0 Å². The maximum atomic E-state index is 12.3. The van der Waals surface area contributed by atoms with Gasteiger partial charge in [0.15, 0.2) is 5.54 Å². The molecule has 2 heterocycles. The number of carbonyl (C=O) groups excluding carboxylic acids is 3. The van der Waals surface area contributed by atoms with E-state index in [2.05, 4.69) is 15.5 Å². The highest BCUT2D eigenvalue weighted by Crippen LogP contribution is 2.44. The Labute approximate surface area is 123 Å². The average molecular weight is 299 g/mol. The van der Waals surface area contributed by atoms with Gasteiger partial charge in [-0.15, -0.1) is 5.10 Å². The van der Waals surface area contributed by atoms with Crippen LogP contribution in [0.5, 0.6) is 0 Å². The second-order valence-electron chi connectivity index (χ2n) is 5.11. The van der Waals surface area contributed by atoms with Crippen LogP contribution in [0, 0.1) is 0 Å². The van der Waals surface area contributed by atoms with Gasteiger partial charge in [0.1, 0.15) is 6.33 Å². The smallest absolute Gasteiger partial charge is 0.327 e. The maximum Gasteiger partial charge on any atom is 0.360 e. The number of nitrogens with zero attached hydrogens (tertiary/aromatic N) is 5. The Morgan fingerprint density at radius 1 is 1.14 bits per heavy atom. The average Bonchev–Trinajstić information content (AvgIpc) is 3.10. The molecule has 1 fully saturated rings. The summed E-state index contributed by atoms with van der Waals surface area (Å²) in [4.78, 5) is 41.7. The number of amides is 2. The monoisotopic (exact) mass is 299 g/mol. The number of imide groups is 1. The Hall–Kier alpha value is -3.10. The van der Waals surface area contributed by atoms with E-state index in [4.69, 9.17) is 4.84 Å². The zero-order valence-corrected chi connectivity index (χ0v) is 11.2. The van der Waals surface area contributed by atoms with Gasteiger partial charge >= 0.3 is 5.97 Å². The van der Waals surface area contributed by atoms with Crippen LogP contribution in [-0.4, -0.2) is 43.1 Å².